The molecule has 2 atom stereocenters. The fourth-order valence-electron chi connectivity index (χ4n) is 13.0. The van der Waals surface area contributed by atoms with Crippen molar-refractivity contribution >= 4 is 80.7 Å². The summed E-state index contributed by atoms with van der Waals surface area (Å²) in [6.45, 7) is 5.71. The van der Waals surface area contributed by atoms with Gasteiger partial charge in [-0.3, -0.25) is 0 Å². The van der Waals surface area contributed by atoms with Crippen LogP contribution in [-0.4, -0.2) is 76.0 Å². The van der Waals surface area contributed by atoms with E-state index in [1.54, 1.807) is 12.1 Å². The van der Waals surface area contributed by atoms with Crippen LogP contribution in [0.2, 0.25) is 0 Å². The van der Waals surface area contributed by atoms with Crippen molar-refractivity contribution in [1.29, 1.82) is 0 Å². The van der Waals surface area contributed by atoms with Crippen molar-refractivity contribution in [2.24, 2.45) is 0 Å². The third kappa shape index (κ3) is 31.8. The van der Waals surface area contributed by atoms with Crippen LogP contribution in [0.25, 0.3) is 0 Å². The molecule has 0 fully saturated rings. The van der Waals surface area contributed by atoms with Gasteiger partial charge in [0.2, 0.25) is 0 Å². The molecule has 87 heavy (non-hydrogen) atoms. The molecule has 0 radical (unpaired) electrons. The van der Waals surface area contributed by atoms with Crippen molar-refractivity contribution in [3.63, 3.8) is 0 Å². The van der Waals surface area contributed by atoms with Gasteiger partial charge in [-0.25, -0.2) is 16.8 Å². The Kier molecular flexibility index (Phi) is 41.5. The van der Waals surface area contributed by atoms with Gasteiger partial charge in [0.15, 0.2) is 0 Å². The molecule has 2 heterocycles. The van der Waals surface area contributed by atoms with Gasteiger partial charge >= 0.3 is 37.7 Å². The van der Waals surface area contributed by atoms with Crippen LogP contribution in [0.4, 0.5) is 22.7 Å². The average Bonchev–Trinajstić information content (AvgIpc) is 1.73. The molecule has 2 N–H and O–H groups in total. The second-order valence-electron chi connectivity index (χ2n) is 25.5. The maximum atomic E-state index is 12.0. The Morgan fingerprint density at radius 2 is 0.552 bits per heavy atom. The fourth-order valence-corrected chi connectivity index (χ4v) is 14.5. The average molecular weight is 1260 g/mol. The molecule has 2 unspecified atom stereocenters. The maximum absolute atomic E-state index is 12.0. The van der Waals surface area contributed by atoms with Gasteiger partial charge < -0.3 is 29.5 Å². The van der Waals surface area contributed by atoms with E-state index in [9.17, 15) is 25.9 Å². The van der Waals surface area contributed by atoms with Gasteiger partial charge in [-0.05, 0) is 61.1 Å². The minimum absolute atomic E-state index is 0. The van der Waals surface area contributed by atoms with Crippen LogP contribution in [0.1, 0.15) is 307 Å². The number of benzene rings is 4. The number of para-hydroxylation sites is 2. The summed E-state index contributed by atoms with van der Waals surface area (Å²) in [5, 5.41) is 7.00. The number of unbranched alkanes of at least 4 members (excludes halogenated alkanes) is 40. The van der Waals surface area contributed by atoms with Crippen molar-refractivity contribution in [2.45, 2.75) is 332 Å². The number of fused-ring (bicyclic) bond motifs is 2. The van der Waals surface area contributed by atoms with Gasteiger partial charge in [0.1, 0.15) is 20.2 Å². The Balaban J connectivity index is 0.000000368. The monoisotopic (exact) mass is 1260 g/mol. The van der Waals surface area contributed by atoms with Gasteiger partial charge in [0, 0.05) is 13.1 Å². The van der Waals surface area contributed by atoms with E-state index < -0.39 is 20.2 Å². The van der Waals surface area contributed by atoms with E-state index >= 15 is 0 Å². The Labute approximate surface area is 562 Å². The number of nitrogens with zero attached hydrogens (tertiary/aromatic N) is 2. The summed E-state index contributed by atoms with van der Waals surface area (Å²) in [7, 11) is -9.13. The van der Waals surface area contributed by atoms with E-state index in [4.69, 9.17) is 0 Å². The van der Waals surface area contributed by atoms with E-state index in [2.05, 4.69) is 34.3 Å². The summed E-state index contributed by atoms with van der Waals surface area (Å²) in [5.74, 6) is 0. The second-order valence-corrected chi connectivity index (χ2v) is 28.2. The predicted molar refractivity (Wildman–Crippen MR) is 369 cm³/mol. The van der Waals surface area contributed by atoms with Gasteiger partial charge in [0.05, 0.1) is 44.9 Å². The van der Waals surface area contributed by atoms with Crippen LogP contribution in [0.3, 0.4) is 0 Å². The third-order valence-electron chi connectivity index (χ3n) is 18.1. The van der Waals surface area contributed by atoms with Crippen LogP contribution in [-0.2, 0) is 33.3 Å². The van der Waals surface area contributed by atoms with Crippen LogP contribution in [0.5, 0.6) is 0 Å². The summed E-state index contributed by atoms with van der Waals surface area (Å²) < 4.78 is 72.3. The smallest absolute Gasteiger partial charge is 0.744 e. The van der Waals surface area contributed by atoms with Crippen molar-refractivity contribution < 1.29 is 25.9 Å². The SMILES string of the molecule is CCCCCCCCCCCCCCCCCCCCCCCC1Nc2cccc(S(=O)(=O)[O-])c2N1Cc1ccccc1.CCCCCCCCCCCCCCCCCCCCCCCC1Nc2cccc(S(=O)(=O)[O-])c2N1Cc1ccccc1.[Ca+2]. The van der Waals surface area contributed by atoms with E-state index in [-0.39, 0.29) is 59.9 Å². The molecule has 4 aromatic rings. The molecule has 10 nitrogen and oxygen atoms in total. The van der Waals surface area contributed by atoms with Crippen LogP contribution >= 0.6 is 0 Å². The third-order valence-corrected chi connectivity index (χ3v) is 19.8. The summed E-state index contributed by atoms with van der Waals surface area (Å²) in [5.41, 5.74) is 4.71. The van der Waals surface area contributed by atoms with Crippen LogP contribution < -0.4 is 20.4 Å². The molecule has 13 heteroatoms. The normalized spacial score (nSPS) is 14.5. The first-order chi connectivity index (χ1) is 42.0. The van der Waals surface area contributed by atoms with E-state index in [1.807, 2.05) is 72.8 Å². The summed E-state index contributed by atoms with van der Waals surface area (Å²) in [6, 6.07) is 30.0. The number of anilines is 4. The van der Waals surface area contributed by atoms with Crippen LogP contribution in [0, 0.1) is 0 Å². The van der Waals surface area contributed by atoms with Crippen molar-refractivity contribution in [3.8, 4) is 0 Å². The molecule has 0 bridgehead atoms. The first-order valence-corrected chi connectivity index (χ1v) is 38.1. The zero-order valence-electron chi connectivity index (χ0n) is 54.8. The number of hydrogen-bond acceptors (Lipinski definition) is 10. The van der Waals surface area contributed by atoms with Gasteiger partial charge in [-0.15, -0.1) is 0 Å². The van der Waals surface area contributed by atoms with E-state index in [0.717, 1.165) is 48.2 Å². The Hall–Kier alpha value is -2.84. The molecule has 484 valence electrons. The molecular formula is C74H118CaN4O6S2. The zero-order chi connectivity index (χ0) is 61.2. The Morgan fingerprint density at radius 3 is 0.782 bits per heavy atom. The summed E-state index contributed by atoms with van der Waals surface area (Å²) in [6.07, 6.45) is 59.4. The number of rotatable bonds is 50. The Bertz CT molecular complexity index is 2400. The first kappa shape index (κ1) is 76.6. The molecule has 6 rings (SSSR count). The van der Waals surface area contributed by atoms with Crippen LogP contribution in [0.15, 0.2) is 107 Å². The molecule has 2 aliphatic rings. The van der Waals surface area contributed by atoms with Crippen molar-refractivity contribution in [3.05, 3.63) is 108 Å². The predicted octanol–water partition coefficient (Wildman–Crippen LogP) is 21.5. The van der Waals surface area contributed by atoms with E-state index in [1.165, 1.54) is 269 Å². The minimum Gasteiger partial charge on any atom is -0.744 e. The quantitative estimate of drug-likeness (QED) is 0.0249. The largest absolute Gasteiger partial charge is 2.00 e. The maximum Gasteiger partial charge on any atom is 2.00 e. The minimum atomic E-state index is -4.56. The first-order valence-electron chi connectivity index (χ1n) is 35.3. The number of hydrogen-bond donors (Lipinski definition) is 2. The van der Waals surface area contributed by atoms with E-state index in [0.29, 0.717) is 24.5 Å². The summed E-state index contributed by atoms with van der Waals surface area (Å²) >= 11 is 0. The molecule has 4 aromatic carbocycles. The second kappa shape index (κ2) is 47.1. The molecule has 0 saturated carbocycles. The standard InChI is InChI=1S/2C37H60N2O3S.Ca/c2*1-2-3-4-5-6-7-8-9-10-11-12-13-14-15-16-17-18-19-20-21-25-31-36-38-34-29-26-30-35(43(40,41)42)37(34)39(36)32-33-27-23-22-24-28-33;/h2*22-24,26-30,36,38H,2-21,25,31-32H2,1H3,(H,40,41,42);/q;;+2/p-2. The van der Waals surface area contributed by atoms with Crippen molar-refractivity contribution in [1.82, 2.24) is 0 Å². The Morgan fingerprint density at radius 1 is 0.322 bits per heavy atom. The fraction of sp³-hybridized carbons (Fsp3) is 0.676. The molecule has 0 spiro atoms. The molecule has 0 aliphatic carbocycles. The molecular weight excluding hydrogens is 1150 g/mol. The molecule has 2 aliphatic heterocycles. The molecule has 0 aromatic heterocycles. The molecule has 0 saturated heterocycles. The molecule has 0 amide bonds. The van der Waals surface area contributed by atoms with Crippen molar-refractivity contribution in [2.75, 3.05) is 20.4 Å². The van der Waals surface area contributed by atoms with Gasteiger partial charge in [0.25, 0.3) is 0 Å². The number of nitrogens with one attached hydrogen (secondary N) is 2. The zero-order valence-corrected chi connectivity index (χ0v) is 58.6. The topological polar surface area (TPSA) is 145 Å². The van der Waals surface area contributed by atoms with Gasteiger partial charge in [-0.2, -0.15) is 0 Å². The van der Waals surface area contributed by atoms with Gasteiger partial charge in [-0.1, -0.05) is 343 Å². The summed E-state index contributed by atoms with van der Waals surface area (Å²) in [4.78, 5) is 3.89.